The molecule has 128 valence electrons. The minimum absolute atomic E-state index is 0.123. The molecule has 2 aliphatic rings. The van der Waals surface area contributed by atoms with Gasteiger partial charge in [-0.15, -0.1) is 0 Å². The average Bonchev–Trinajstić information content (AvgIpc) is 3.19. The summed E-state index contributed by atoms with van der Waals surface area (Å²) in [6, 6.07) is 0. The van der Waals surface area contributed by atoms with Crippen LogP contribution in [0.3, 0.4) is 0 Å². The van der Waals surface area contributed by atoms with Crippen molar-refractivity contribution in [2.45, 2.75) is 32.2 Å². The highest BCUT2D eigenvalue weighted by Crippen LogP contribution is 2.34. The van der Waals surface area contributed by atoms with Crippen LogP contribution in [0.5, 0.6) is 0 Å². The summed E-state index contributed by atoms with van der Waals surface area (Å²) in [5, 5.41) is 2.83. The zero-order chi connectivity index (χ0) is 16.9. The molecule has 0 bridgehead atoms. The predicted molar refractivity (Wildman–Crippen MR) is 86.5 cm³/mol. The molecular weight excluding hydrogens is 308 g/mol. The number of imide groups is 1. The first-order chi connectivity index (χ1) is 11.7. The molecule has 3 amide bonds. The molecule has 2 atom stereocenters. The van der Waals surface area contributed by atoms with Gasteiger partial charge in [-0.05, 0) is 19.3 Å². The standard InChI is InChI=1S/C17H22N4O3/c22-15(19-7-3-9-20-11-8-18-12-20)6-10-21-16(23)13-4-1-2-5-14(13)17(21)24/h1-2,8,11-14H,3-7,9-10H2,(H,19,22)/t13-,14+. The summed E-state index contributed by atoms with van der Waals surface area (Å²) in [6.45, 7) is 1.53. The van der Waals surface area contributed by atoms with E-state index in [2.05, 4.69) is 10.3 Å². The number of nitrogens with zero attached hydrogens (tertiary/aromatic N) is 3. The molecule has 3 rings (SSSR count). The fourth-order valence-electron chi connectivity index (χ4n) is 3.30. The van der Waals surface area contributed by atoms with E-state index in [-0.39, 0.29) is 42.5 Å². The van der Waals surface area contributed by atoms with Gasteiger partial charge in [0, 0.05) is 38.4 Å². The highest BCUT2D eigenvalue weighted by atomic mass is 16.2. The van der Waals surface area contributed by atoms with Crippen LogP contribution in [0.4, 0.5) is 0 Å². The van der Waals surface area contributed by atoms with Crippen molar-refractivity contribution in [2.24, 2.45) is 11.8 Å². The second-order valence-electron chi connectivity index (χ2n) is 6.24. The number of aromatic nitrogens is 2. The Bertz CT molecular complexity index is 612. The predicted octanol–water partition coefficient (Wildman–Crippen LogP) is 0.731. The van der Waals surface area contributed by atoms with E-state index in [1.165, 1.54) is 4.90 Å². The summed E-state index contributed by atoms with van der Waals surface area (Å²) in [5.74, 6) is -0.819. The van der Waals surface area contributed by atoms with Crippen molar-refractivity contribution in [3.8, 4) is 0 Å². The van der Waals surface area contributed by atoms with Crippen LogP contribution in [0, 0.1) is 11.8 Å². The van der Waals surface area contributed by atoms with E-state index in [0.717, 1.165) is 13.0 Å². The normalized spacial score (nSPS) is 22.8. The molecule has 0 unspecified atom stereocenters. The zero-order valence-electron chi connectivity index (χ0n) is 13.6. The van der Waals surface area contributed by atoms with Crippen LogP contribution in [0.15, 0.2) is 30.9 Å². The van der Waals surface area contributed by atoms with Gasteiger partial charge in [0.2, 0.25) is 17.7 Å². The van der Waals surface area contributed by atoms with Crippen LogP contribution in [0.2, 0.25) is 0 Å². The van der Waals surface area contributed by atoms with Crippen molar-refractivity contribution in [1.82, 2.24) is 19.8 Å². The van der Waals surface area contributed by atoms with E-state index < -0.39 is 0 Å². The van der Waals surface area contributed by atoms with Crippen molar-refractivity contribution >= 4 is 17.7 Å². The third-order valence-electron chi connectivity index (χ3n) is 4.64. The van der Waals surface area contributed by atoms with Gasteiger partial charge in [0.15, 0.2) is 0 Å². The Morgan fingerprint density at radius 1 is 1.17 bits per heavy atom. The Kier molecular flexibility index (Phi) is 5.08. The number of rotatable bonds is 7. The summed E-state index contributed by atoms with van der Waals surface area (Å²) in [7, 11) is 0. The van der Waals surface area contributed by atoms with Crippen molar-refractivity contribution in [3.05, 3.63) is 30.9 Å². The van der Waals surface area contributed by atoms with Gasteiger partial charge in [-0.2, -0.15) is 0 Å². The first-order valence-electron chi connectivity index (χ1n) is 8.39. The molecule has 24 heavy (non-hydrogen) atoms. The first-order valence-corrected chi connectivity index (χ1v) is 8.39. The highest BCUT2D eigenvalue weighted by molar-refractivity contribution is 6.05. The van der Waals surface area contributed by atoms with Crippen LogP contribution in [-0.2, 0) is 20.9 Å². The van der Waals surface area contributed by atoms with Crippen LogP contribution < -0.4 is 5.32 Å². The molecule has 1 saturated heterocycles. The molecule has 7 heteroatoms. The molecule has 1 aromatic heterocycles. The van der Waals surface area contributed by atoms with Gasteiger partial charge in [0.1, 0.15) is 0 Å². The topological polar surface area (TPSA) is 84.3 Å². The number of hydrogen-bond acceptors (Lipinski definition) is 4. The molecule has 1 fully saturated rings. The van der Waals surface area contributed by atoms with Crippen LogP contribution in [0.1, 0.15) is 25.7 Å². The molecule has 0 radical (unpaired) electrons. The second-order valence-corrected chi connectivity index (χ2v) is 6.24. The van der Waals surface area contributed by atoms with E-state index in [9.17, 15) is 14.4 Å². The summed E-state index contributed by atoms with van der Waals surface area (Å²) in [5.41, 5.74) is 0. The van der Waals surface area contributed by atoms with Crippen LogP contribution >= 0.6 is 0 Å². The Hall–Kier alpha value is -2.44. The Morgan fingerprint density at radius 3 is 2.50 bits per heavy atom. The zero-order valence-corrected chi connectivity index (χ0v) is 13.6. The van der Waals surface area contributed by atoms with Gasteiger partial charge in [-0.25, -0.2) is 4.98 Å². The molecule has 7 nitrogen and oxygen atoms in total. The van der Waals surface area contributed by atoms with E-state index in [0.29, 0.717) is 19.4 Å². The fraction of sp³-hybridized carbons (Fsp3) is 0.529. The summed E-state index contributed by atoms with van der Waals surface area (Å²) >= 11 is 0. The molecule has 0 saturated carbocycles. The van der Waals surface area contributed by atoms with Crippen molar-refractivity contribution in [3.63, 3.8) is 0 Å². The van der Waals surface area contributed by atoms with Crippen molar-refractivity contribution in [1.29, 1.82) is 0 Å². The van der Waals surface area contributed by atoms with Gasteiger partial charge in [-0.1, -0.05) is 12.2 Å². The molecule has 1 aliphatic carbocycles. The number of allylic oxidation sites excluding steroid dienone is 2. The minimum Gasteiger partial charge on any atom is -0.356 e. The number of carbonyl (C=O) groups is 3. The largest absolute Gasteiger partial charge is 0.356 e. The summed E-state index contributed by atoms with van der Waals surface area (Å²) in [6.07, 6.45) is 11.5. The third kappa shape index (κ3) is 3.55. The molecule has 2 heterocycles. The van der Waals surface area contributed by atoms with E-state index in [1.807, 2.05) is 22.9 Å². The molecular formula is C17H22N4O3. The van der Waals surface area contributed by atoms with Gasteiger partial charge >= 0.3 is 0 Å². The third-order valence-corrected chi connectivity index (χ3v) is 4.64. The number of aryl methyl sites for hydroxylation is 1. The smallest absolute Gasteiger partial charge is 0.233 e. The molecule has 1 aliphatic heterocycles. The molecule has 0 aromatic carbocycles. The number of hydrogen-bond donors (Lipinski definition) is 1. The number of likely N-dealkylation sites (tertiary alicyclic amines) is 1. The molecule has 1 N–H and O–H groups in total. The van der Waals surface area contributed by atoms with Crippen LogP contribution in [0.25, 0.3) is 0 Å². The van der Waals surface area contributed by atoms with Gasteiger partial charge < -0.3 is 9.88 Å². The SMILES string of the molecule is O=C(CCN1C(=O)[C@H]2CC=CC[C@H]2C1=O)NCCCn1ccnc1. The maximum absolute atomic E-state index is 12.3. The Labute approximate surface area is 140 Å². The number of imidazole rings is 1. The van der Waals surface area contributed by atoms with Gasteiger partial charge in [0.05, 0.1) is 18.2 Å². The lowest BCUT2D eigenvalue weighted by atomic mass is 9.85. The number of fused-ring (bicyclic) bond motifs is 1. The van der Waals surface area contributed by atoms with Crippen molar-refractivity contribution < 1.29 is 14.4 Å². The highest BCUT2D eigenvalue weighted by Gasteiger charge is 2.46. The lowest BCUT2D eigenvalue weighted by Crippen LogP contribution is -2.35. The average molecular weight is 330 g/mol. The summed E-state index contributed by atoms with van der Waals surface area (Å²) in [4.78, 5) is 41.7. The monoisotopic (exact) mass is 330 g/mol. The van der Waals surface area contributed by atoms with E-state index >= 15 is 0 Å². The maximum Gasteiger partial charge on any atom is 0.233 e. The van der Waals surface area contributed by atoms with Crippen molar-refractivity contribution in [2.75, 3.05) is 13.1 Å². The van der Waals surface area contributed by atoms with Crippen LogP contribution in [-0.4, -0.2) is 45.3 Å². The quantitative estimate of drug-likeness (QED) is 0.454. The van der Waals surface area contributed by atoms with Gasteiger partial charge in [0.25, 0.3) is 0 Å². The first kappa shape index (κ1) is 16.4. The minimum atomic E-state index is -0.222. The number of amides is 3. The van der Waals surface area contributed by atoms with E-state index in [4.69, 9.17) is 0 Å². The number of nitrogens with one attached hydrogen (secondary N) is 1. The molecule has 0 spiro atoms. The number of carbonyl (C=O) groups excluding carboxylic acids is 3. The Balaban J connectivity index is 1.38. The lowest BCUT2D eigenvalue weighted by Gasteiger charge is -2.14. The molecule has 1 aromatic rings. The lowest BCUT2D eigenvalue weighted by molar-refractivity contribution is -0.140. The fourth-order valence-corrected chi connectivity index (χ4v) is 3.30. The Morgan fingerprint density at radius 2 is 1.88 bits per heavy atom. The van der Waals surface area contributed by atoms with Gasteiger partial charge in [-0.3, -0.25) is 19.3 Å². The second kappa shape index (κ2) is 7.42. The maximum atomic E-state index is 12.3. The van der Waals surface area contributed by atoms with E-state index in [1.54, 1.807) is 12.5 Å². The summed E-state index contributed by atoms with van der Waals surface area (Å²) < 4.78 is 1.95.